The molecule has 0 saturated carbocycles. The largest absolute Gasteiger partial charge is 0.464 e. The van der Waals surface area contributed by atoms with Gasteiger partial charge >= 0.3 is 17.9 Å². The fraction of sp³-hybridized carbons (Fsp3) is 0.954. The number of hydrogen-bond acceptors (Lipinski definition) is 8. The van der Waals surface area contributed by atoms with Crippen molar-refractivity contribution in [3.05, 3.63) is 0 Å². The van der Waals surface area contributed by atoms with Gasteiger partial charge in [0.05, 0.1) is 20.2 Å². The average Bonchev–Trinajstić information content (AvgIpc) is 3.39. The second-order valence-electron chi connectivity index (χ2n) is 23.1. The fourth-order valence-electron chi connectivity index (χ4n) is 10.4. The first-order chi connectivity index (χ1) is 36.3. The van der Waals surface area contributed by atoms with Gasteiger partial charge in [-0.3, -0.25) is 19.3 Å². The molecule has 9 heteroatoms. The number of quaternary nitrogens is 1. The molecular formula is C65H129N2O7+. The van der Waals surface area contributed by atoms with E-state index in [0.717, 1.165) is 45.1 Å². The van der Waals surface area contributed by atoms with Crippen molar-refractivity contribution in [3.63, 3.8) is 0 Å². The number of carbonyl (C=O) groups is 3. The number of likely N-dealkylation sites (N-methyl/N-ethyl adjacent to an activating group) is 1. The topological polar surface area (TPSA) is 102 Å². The molecule has 0 aliphatic rings. The van der Waals surface area contributed by atoms with Gasteiger partial charge in [-0.05, 0) is 19.3 Å². The molecule has 0 rings (SSSR count). The molecule has 440 valence electrons. The van der Waals surface area contributed by atoms with Crippen LogP contribution in [-0.4, -0.2) is 105 Å². The third-order valence-electron chi connectivity index (χ3n) is 15.8. The van der Waals surface area contributed by atoms with E-state index < -0.39 is 0 Å². The lowest BCUT2D eigenvalue weighted by atomic mass is 10.0. The van der Waals surface area contributed by atoms with E-state index in [9.17, 15) is 19.5 Å². The van der Waals surface area contributed by atoms with Crippen LogP contribution in [0.15, 0.2) is 0 Å². The first-order valence-corrected chi connectivity index (χ1v) is 32.9. The Bertz CT molecular complexity index is 1120. The lowest BCUT2D eigenvalue weighted by Crippen LogP contribution is -2.53. The Balaban J connectivity index is 4.63. The van der Waals surface area contributed by atoms with Gasteiger partial charge in [-0.1, -0.05) is 290 Å². The van der Waals surface area contributed by atoms with E-state index in [4.69, 9.17) is 14.2 Å². The van der Waals surface area contributed by atoms with Gasteiger partial charge in [-0.15, -0.1) is 0 Å². The number of unbranched alkanes of at least 4 members (excludes halogenated alkanes) is 42. The second-order valence-corrected chi connectivity index (χ2v) is 23.1. The molecular weight excluding hydrogens is 921 g/mol. The van der Waals surface area contributed by atoms with Crippen molar-refractivity contribution < 1.29 is 38.2 Å². The van der Waals surface area contributed by atoms with Crippen LogP contribution in [0.4, 0.5) is 0 Å². The van der Waals surface area contributed by atoms with Crippen LogP contribution in [0.3, 0.4) is 0 Å². The number of aliphatic hydroxyl groups excluding tert-OH is 1. The minimum atomic E-state index is -0.137. The zero-order valence-corrected chi connectivity index (χ0v) is 50.3. The molecule has 0 aromatic rings. The van der Waals surface area contributed by atoms with E-state index in [1.165, 1.54) is 250 Å². The molecule has 0 amide bonds. The first kappa shape index (κ1) is 72.3. The summed E-state index contributed by atoms with van der Waals surface area (Å²) in [4.78, 5) is 40.3. The number of rotatable bonds is 62. The van der Waals surface area contributed by atoms with Crippen LogP contribution in [-0.2, 0) is 28.6 Å². The number of aliphatic hydroxyl groups is 1. The van der Waals surface area contributed by atoms with Crippen LogP contribution in [0.2, 0.25) is 0 Å². The number of ether oxygens (including phenoxy) is 3. The summed E-state index contributed by atoms with van der Waals surface area (Å²) in [5.74, 6) is -0.398. The highest BCUT2D eigenvalue weighted by atomic mass is 16.5. The molecule has 9 nitrogen and oxygen atoms in total. The van der Waals surface area contributed by atoms with Crippen molar-refractivity contribution in [2.45, 2.75) is 329 Å². The van der Waals surface area contributed by atoms with E-state index in [1.54, 1.807) is 0 Å². The molecule has 0 saturated heterocycles. The zero-order chi connectivity index (χ0) is 53.9. The standard InChI is InChI=1S/C65H129N2O7/c1-5-8-11-14-17-20-23-26-29-32-35-38-41-44-47-50-63(69)72-60-55-66(54-59-68)53-56-67(4,57-61-73-64(70)51-48-45-42-39-36-33-30-27-24-21-18-15-12-9-6-2)58-62-74-65(71)52-49-46-43-40-37-34-31-28-25-22-19-16-13-10-7-3/h68H,5-62H2,1-4H3/q+1. The summed E-state index contributed by atoms with van der Waals surface area (Å²) in [5, 5.41) is 9.92. The molecule has 1 N–H and O–H groups in total. The highest BCUT2D eigenvalue weighted by molar-refractivity contribution is 5.69. The van der Waals surface area contributed by atoms with Crippen molar-refractivity contribution >= 4 is 17.9 Å². The highest BCUT2D eigenvalue weighted by Gasteiger charge is 2.24. The normalized spacial score (nSPS) is 11.8. The molecule has 0 bridgehead atoms. The lowest BCUT2D eigenvalue weighted by Gasteiger charge is -2.36. The van der Waals surface area contributed by atoms with Crippen LogP contribution >= 0.6 is 0 Å². The molecule has 0 fully saturated rings. The van der Waals surface area contributed by atoms with Gasteiger partial charge < -0.3 is 23.8 Å². The molecule has 0 aliphatic carbocycles. The van der Waals surface area contributed by atoms with E-state index in [1.807, 2.05) is 0 Å². The molecule has 0 aliphatic heterocycles. The Morgan fingerprint density at radius 2 is 0.541 bits per heavy atom. The quantitative estimate of drug-likeness (QED) is 0.0278. The molecule has 0 heterocycles. The number of nitrogens with zero attached hydrogens (tertiary/aromatic N) is 2. The van der Waals surface area contributed by atoms with E-state index >= 15 is 0 Å². The first-order valence-electron chi connectivity index (χ1n) is 32.9. The Morgan fingerprint density at radius 3 is 0.784 bits per heavy atom. The summed E-state index contributed by atoms with van der Waals surface area (Å²) in [6.07, 6.45) is 59.8. The van der Waals surface area contributed by atoms with Crippen molar-refractivity contribution in [1.29, 1.82) is 0 Å². The lowest BCUT2D eigenvalue weighted by molar-refractivity contribution is -0.909. The van der Waals surface area contributed by atoms with Crippen LogP contribution in [0.25, 0.3) is 0 Å². The molecule has 0 aromatic carbocycles. The summed E-state index contributed by atoms with van der Waals surface area (Å²) < 4.78 is 17.8. The maximum atomic E-state index is 12.8. The third-order valence-corrected chi connectivity index (χ3v) is 15.8. The molecule has 74 heavy (non-hydrogen) atoms. The Kier molecular flexibility index (Phi) is 57.6. The van der Waals surface area contributed by atoms with Gasteiger partial charge in [0, 0.05) is 38.9 Å². The number of carbonyl (C=O) groups excluding carboxylic acids is 3. The van der Waals surface area contributed by atoms with Crippen LogP contribution < -0.4 is 0 Å². The summed E-state index contributed by atoms with van der Waals surface area (Å²) in [6, 6.07) is 0. The molecule has 0 radical (unpaired) electrons. The van der Waals surface area contributed by atoms with Gasteiger partial charge in [-0.2, -0.15) is 0 Å². The van der Waals surface area contributed by atoms with Gasteiger partial charge in [-0.25, -0.2) is 0 Å². The van der Waals surface area contributed by atoms with E-state index in [2.05, 4.69) is 32.7 Å². The highest BCUT2D eigenvalue weighted by Crippen LogP contribution is 2.18. The van der Waals surface area contributed by atoms with Crippen LogP contribution in [0, 0.1) is 0 Å². The van der Waals surface area contributed by atoms with Gasteiger partial charge in [0.15, 0.2) is 0 Å². The molecule has 0 unspecified atom stereocenters. The zero-order valence-electron chi connectivity index (χ0n) is 50.3. The minimum Gasteiger partial charge on any atom is -0.464 e. The predicted octanol–water partition coefficient (Wildman–Crippen LogP) is 18.1. The maximum absolute atomic E-state index is 12.8. The van der Waals surface area contributed by atoms with Crippen LogP contribution in [0.1, 0.15) is 329 Å². The van der Waals surface area contributed by atoms with Crippen molar-refractivity contribution in [2.24, 2.45) is 0 Å². The summed E-state index contributed by atoms with van der Waals surface area (Å²) in [5.41, 5.74) is 0. The molecule has 0 aromatic heterocycles. The second kappa shape index (κ2) is 59.0. The van der Waals surface area contributed by atoms with Gasteiger partial charge in [0.1, 0.15) is 32.9 Å². The van der Waals surface area contributed by atoms with Crippen molar-refractivity contribution in [1.82, 2.24) is 4.90 Å². The smallest absolute Gasteiger partial charge is 0.305 e. The maximum Gasteiger partial charge on any atom is 0.305 e. The fourth-order valence-corrected chi connectivity index (χ4v) is 10.4. The van der Waals surface area contributed by atoms with Gasteiger partial charge in [0.25, 0.3) is 0 Å². The average molecular weight is 1050 g/mol. The Morgan fingerprint density at radius 1 is 0.311 bits per heavy atom. The van der Waals surface area contributed by atoms with Crippen molar-refractivity contribution in [3.8, 4) is 0 Å². The van der Waals surface area contributed by atoms with E-state index in [0.29, 0.717) is 76.3 Å². The third kappa shape index (κ3) is 55.1. The van der Waals surface area contributed by atoms with E-state index in [-0.39, 0.29) is 24.5 Å². The van der Waals surface area contributed by atoms with Gasteiger partial charge in [0.2, 0.25) is 0 Å². The number of esters is 3. The predicted molar refractivity (Wildman–Crippen MR) is 316 cm³/mol. The monoisotopic (exact) mass is 1050 g/mol. The number of hydrogen-bond donors (Lipinski definition) is 1. The SMILES string of the molecule is CCCCCCCCCCCCCCCCCC(=O)OCCN(CCO)CC[N+](C)(CCOC(=O)CCCCCCCCCCCCCCCCC)CCOC(=O)CCCCCCCCCCCCCCCCC. The molecule has 0 atom stereocenters. The summed E-state index contributed by atoms with van der Waals surface area (Å²) >= 11 is 0. The Hall–Kier alpha value is -1.71. The Labute approximate surface area is 460 Å². The van der Waals surface area contributed by atoms with Crippen LogP contribution in [0.5, 0.6) is 0 Å². The molecule has 0 spiro atoms. The van der Waals surface area contributed by atoms with Crippen molar-refractivity contribution in [2.75, 3.05) is 72.7 Å². The summed E-state index contributed by atoms with van der Waals surface area (Å²) in [7, 11) is 2.14. The summed E-state index contributed by atoms with van der Waals surface area (Å²) in [6.45, 7) is 11.4. The minimum absolute atomic E-state index is 0.0185.